The van der Waals surface area contributed by atoms with Crippen LogP contribution in [0.15, 0.2) is 0 Å². The average Bonchev–Trinajstić information content (AvgIpc) is 2.64. The fourth-order valence-corrected chi connectivity index (χ4v) is 2.24. The third-order valence-corrected chi connectivity index (χ3v) is 4.18. The minimum absolute atomic E-state index is 0.169. The second kappa shape index (κ2) is 18.3. The third kappa shape index (κ3) is 19.9. The zero-order chi connectivity index (χ0) is 19.5. The van der Waals surface area contributed by atoms with E-state index >= 15 is 0 Å². The Hall–Kier alpha value is -2.04. The number of nitrogens with zero attached hydrogens (tertiary/aromatic N) is 4. The first-order chi connectivity index (χ1) is 11.9. The number of hydrogen-bond acceptors (Lipinski definition) is 4. The molecule has 0 spiro atoms. The molecule has 0 amide bonds. The van der Waals surface area contributed by atoms with Crippen LogP contribution in [0, 0.1) is 69.0 Å². The van der Waals surface area contributed by atoms with E-state index in [1.807, 2.05) is 27.7 Å². The van der Waals surface area contributed by atoms with Crippen LogP contribution in [0.1, 0.15) is 85.5 Å². The summed E-state index contributed by atoms with van der Waals surface area (Å²) in [6.07, 6.45) is 9.46. The lowest BCUT2D eigenvalue weighted by molar-refractivity contribution is 0.530. The lowest BCUT2D eigenvalue weighted by Crippen LogP contribution is -1.93. The van der Waals surface area contributed by atoms with Crippen molar-refractivity contribution in [1.82, 2.24) is 0 Å². The smallest absolute Gasteiger partial charge is 0.0652 e. The molecule has 0 N–H and O–H groups in total. The molecule has 138 valence electrons. The minimum atomic E-state index is 0.169. The Labute approximate surface area is 155 Å². The van der Waals surface area contributed by atoms with Gasteiger partial charge in [-0.2, -0.15) is 21.0 Å². The molecule has 4 unspecified atom stereocenters. The van der Waals surface area contributed by atoms with Crippen LogP contribution in [0.2, 0.25) is 0 Å². The molecule has 4 nitrogen and oxygen atoms in total. The van der Waals surface area contributed by atoms with E-state index < -0.39 is 0 Å². The normalized spacial score (nSPS) is 14.2. The maximum Gasteiger partial charge on any atom is 0.0652 e. The average molecular weight is 343 g/mol. The van der Waals surface area contributed by atoms with Crippen molar-refractivity contribution in [3.63, 3.8) is 0 Å². The highest BCUT2D eigenvalue weighted by atomic mass is 14.3. The number of nitriles is 4. The van der Waals surface area contributed by atoms with E-state index in [4.69, 9.17) is 21.0 Å². The van der Waals surface area contributed by atoms with Crippen LogP contribution in [0.25, 0.3) is 0 Å². The van der Waals surface area contributed by atoms with Gasteiger partial charge in [0.15, 0.2) is 0 Å². The molecule has 4 heteroatoms. The molecule has 0 rings (SSSR count). The van der Waals surface area contributed by atoms with Crippen LogP contribution in [0.5, 0.6) is 0 Å². The van der Waals surface area contributed by atoms with Gasteiger partial charge in [0.25, 0.3) is 0 Å². The first kappa shape index (κ1) is 25.2. The minimum Gasteiger partial charge on any atom is -0.198 e. The van der Waals surface area contributed by atoms with Crippen molar-refractivity contribution in [3.05, 3.63) is 0 Å². The zero-order valence-corrected chi connectivity index (χ0v) is 16.5. The summed E-state index contributed by atoms with van der Waals surface area (Å²) >= 11 is 0. The Morgan fingerprint density at radius 1 is 0.440 bits per heavy atom. The first-order valence-corrected chi connectivity index (χ1v) is 9.49. The molecule has 4 atom stereocenters. The highest BCUT2D eigenvalue weighted by Gasteiger charge is 2.02. The van der Waals surface area contributed by atoms with Crippen molar-refractivity contribution >= 4 is 0 Å². The van der Waals surface area contributed by atoms with Gasteiger partial charge in [0, 0.05) is 23.7 Å². The maximum atomic E-state index is 8.52. The summed E-state index contributed by atoms with van der Waals surface area (Å²) in [5, 5.41) is 34.0. The predicted molar refractivity (Wildman–Crippen MR) is 101 cm³/mol. The van der Waals surface area contributed by atoms with Crippen LogP contribution < -0.4 is 0 Å². The van der Waals surface area contributed by atoms with Gasteiger partial charge in [-0.05, 0) is 53.4 Å². The molecule has 0 bridgehead atoms. The van der Waals surface area contributed by atoms with Gasteiger partial charge in [-0.25, -0.2) is 0 Å². The van der Waals surface area contributed by atoms with Gasteiger partial charge < -0.3 is 0 Å². The fourth-order valence-electron chi connectivity index (χ4n) is 2.24. The Balaban J connectivity index is 0. The molecule has 0 heterocycles. The van der Waals surface area contributed by atoms with E-state index in [0.29, 0.717) is 0 Å². The summed E-state index contributed by atoms with van der Waals surface area (Å²) in [5.74, 6) is 0.714. The summed E-state index contributed by atoms with van der Waals surface area (Å²) in [4.78, 5) is 0. The second-order valence-electron chi connectivity index (χ2n) is 7.04. The molecule has 0 aromatic heterocycles. The SMILES string of the molecule is CC(C#N)CCCCC(C)C#N.CC(C#N)CCCCCC(C)C#N. The molecule has 0 aliphatic heterocycles. The predicted octanol–water partition coefficient (Wildman–Crippen LogP) is 6.12. The van der Waals surface area contributed by atoms with Crippen molar-refractivity contribution in [2.24, 2.45) is 23.7 Å². The number of rotatable bonds is 11. The molecule has 0 fully saturated rings. The van der Waals surface area contributed by atoms with E-state index in [0.717, 1.165) is 57.8 Å². The van der Waals surface area contributed by atoms with Crippen molar-refractivity contribution in [2.45, 2.75) is 85.5 Å². The van der Waals surface area contributed by atoms with Crippen molar-refractivity contribution in [2.75, 3.05) is 0 Å². The summed E-state index contributed by atoms with van der Waals surface area (Å²) in [7, 11) is 0. The van der Waals surface area contributed by atoms with Gasteiger partial charge in [0.05, 0.1) is 24.3 Å². The second-order valence-corrected chi connectivity index (χ2v) is 7.04. The summed E-state index contributed by atoms with van der Waals surface area (Å²) in [6, 6.07) is 8.85. The lowest BCUT2D eigenvalue weighted by Gasteiger charge is -2.03. The van der Waals surface area contributed by atoms with Crippen LogP contribution in [0.3, 0.4) is 0 Å². The quantitative estimate of drug-likeness (QED) is 0.422. The van der Waals surface area contributed by atoms with Gasteiger partial charge >= 0.3 is 0 Å². The topological polar surface area (TPSA) is 95.2 Å². The van der Waals surface area contributed by atoms with Gasteiger partial charge in [-0.3, -0.25) is 0 Å². The molecular weight excluding hydrogens is 308 g/mol. The standard InChI is InChI=1S/C11H18N2.C10H16N2/c1-10(8-12)6-4-3-5-7-11(2)9-13;1-9(7-11)5-3-4-6-10(2)8-12/h10-11H,3-7H2,1-2H3;9-10H,3-6H2,1-2H3. The van der Waals surface area contributed by atoms with E-state index in [2.05, 4.69) is 24.3 Å². The van der Waals surface area contributed by atoms with Gasteiger partial charge in [0.2, 0.25) is 0 Å². The van der Waals surface area contributed by atoms with Crippen LogP contribution in [0.4, 0.5) is 0 Å². The Morgan fingerprint density at radius 2 is 0.640 bits per heavy atom. The van der Waals surface area contributed by atoms with Crippen molar-refractivity contribution in [1.29, 1.82) is 21.0 Å². The number of hydrogen-bond donors (Lipinski definition) is 0. The van der Waals surface area contributed by atoms with Crippen molar-refractivity contribution in [3.8, 4) is 24.3 Å². The van der Waals surface area contributed by atoms with Crippen LogP contribution in [-0.4, -0.2) is 0 Å². The Morgan fingerprint density at radius 3 is 0.840 bits per heavy atom. The molecule has 0 saturated heterocycles. The maximum absolute atomic E-state index is 8.52. The van der Waals surface area contributed by atoms with E-state index in [9.17, 15) is 0 Å². The molecule has 0 saturated carbocycles. The van der Waals surface area contributed by atoms with Crippen LogP contribution in [-0.2, 0) is 0 Å². The summed E-state index contributed by atoms with van der Waals surface area (Å²) in [5.41, 5.74) is 0. The van der Waals surface area contributed by atoms with Gasteiger partial charge in [-0.15, -0.1) is 0 Å². The molecule has 0 aromatic carbocycles. The molecule has 25 heavy (non-hydrogen) atoms. The molecule has 0 aliphatic carbocycles. The third-order valence-electron chi connectivity index (χ3n) is 4.18. The first-order valence-electron chi connectivity index (χ1n) is 9.49. The monoisotopic (exact) mass is 342 g/mol. The number of unbranched alkanes of at least 4 members (excludes halogenated alkanes) is 3. The highest BCUT2D eigenvalue weighted by molar-refractivity contribution is 4.80. The molecular formula is C21H34N4. The molecule has 0 radical (unpaired) electrons. The summed E-state index contributed by atoms with van der Waals surface area (Å²) in [6.45, 7) is 7.79. The van der Waals surface area contributed by atoms with Crippen LogP contribution >= 0.6 is 0 Å². The lowest BCUT2D eigenvalue weighted by atomic mass is 10.0. The Bertz CT molecular complexity index is 428. The zero-order valence-electron chi connectivity index (χ0n) is 16.5. The molecule has 0 aliphatic rings. The molecule has 0 aromatic rings. The fraction of sp³-hybridized carbons (Fsp3) is 0.810. The van der Waals surface area contributed by atoms with E-state index in [-0.39, 0.29) is 23.7 Å². The highest BCUT2D eigenvalue weighted by Crippen LogP contribution is 2.13. The van der Waals surface area contributed by atoms with E-state index in [1.54, 1.807) is 0 Å². The van der Waals surface area contributed by atoms with Crippen molar-refractivity contribution < 1.29 is 0 Å². The van der Waals surface area contributed by atoms with Gasteiger partial charge in [0.1, 0.15) is 0 Å². The largest absolute Gasteiger partial charge is 0.198 e. The van der Waals surface area contributed by atoms with Gasteiger partial charge in [-0.1, -0.05) is 32.1 Å². The van der Waals surface area contributed by atoms with E-state index in [1.165, 1.54) is 0 Å². The summed E-state index contributed by atoms with van der Waals surface area (Å²) < 4.78 is 0. The Kier molecular flexibility index (Phi) is 18.4.